The minimum Gasteiger partial charge on any atom is -0.488 e. The van der Waals surface area contributed by atoms with Crippen LogP contribution in [-0.2, 0) is 12.4 Å². The second kappa shape index (κ2) is 10.5. The number of para-hydroxylation sites is 1. The molecular formula is C23H18Cl2N4OS. The van der Waals surface area contributed by atoms with E-state index in [0.29, 0.717) is 16.8 Å². The van der Waals surface area contributed by atoms with Crippen molar-refractivity contribution in [2.75, 3.05) is 0 Å². The van der Waals surface area contributed by atoms with Gasteiger partial charge in [-0.1, -0.05) is 77.4 Å². The predicted octanol–water partition coefficient (Wildman–Crippen LogP) is 6.34. The van der Waals surface area contributed by atoms with Crippen LogP contribution >= 0.6 is 35.0 Å². The summed E-state index contributed by atoms with van der Waals surface area (Å²) in [6, 6.07) is 23.1. The zero-order valence-corrected chi connectivity index (χ0v) is 18.7. The predicted molar refractivity (Wildman–Crippen MR) is 126 cm³/mol. The van der Waals surface area contributed by atoms with E-state index in [1.54, 1.807) is 29.0 Å². The summed E-state index contributed by atoms with van der Waals surface area (Å²) in [5, 5.41) is 14.7. The zero-order valence-electron chi connectivity index (χ0n) is 16.4. The minimum absolute atomic E-state index is 0.374. The molecule has 0 unspecified atom stereocenters. The lowest BCUT2D eigenvalue weighted by Gasteiger charge is -2.10. The molecule has 3 aromatic carbocycles. The molecule has 0 N–H and O–H groups in total. The van der Waals surface area contributed by atoms with E-state index in [0.717, 1.165) is 33.2 Å². The molecule has 0 atom stereocenters. The Bertz CT molecular complexity index is 1180. The van der Waals surface area contributed by atoms with Gasteiger partial charge in [0.15, 0.2) is 0 Å². The standard InChI is InChI=1S/C23H18Cl2N4OS/c24-20-11-9-17(10-12-20)15-31-23-28-26-16-29(23)27-13-18-5-2-4-8-22(18)30-14-19-6-1-3-7-21(19)25/h1-13,16H,14-15H2/b27-13+. The molecule has 0 amide bonds. The first kappa shape index (κ1) is 21.4. The molecule has 0 bridgehead atoms. The molecule has 0 fully saturated rings. The van der Waals surface area contributed by atoms with Crippen molar-refractivity contribution in [3.8, 4) is 5.75 Å². The van der Waals surface area contributed by atoms with Crippen molar-refractivity contribution in [3.63, 3.8) is 0 Å². The smallest absolute Gasteiger partial charge is 0.212 e. The highest BCUT2D eigenvalue weighted by Gasteiger charge is 2.07. The summed E-state index contributed by atoms with van der Waals surface area (Å²) in [6.45, 7) is 0.374. The van der Waals surface area contributed by atoms with Gasteiger partial charge in [0, 0.05) is 26.9 Å². The first-order chi connectivity index (χ1) is 15.2. The Kier molecular flexibility index (Phi) is 7.25. The summed E-state index contributed by atoms with van der Waals surface area (Å²) in [7, 11) is 0. The molecule has 4 rings (SSSR count). The highest BCUT2D eigenvalue weighted by Crippen LogP contribution is 2.23. The fourth-order valence-corrected chi connectivity index (χ4v) is 3.87. The third kappa shape index (κ3) is 5.88. The van der Waals surface area contributed by atoms with E-state index in [9.17, 15) is 0 Å². The molecule has 0 spiro atoms. The number of hydrogen-bond acceptors (Lipinski definition) is 5. The van der Waals surface area contributed by atoms with Crippen LogP contribution in [0, 0.1) is 0 Å². The van der Waals surface area contributed by atoms with Crippen LogP contribution in [0.3, 0.4) is 0 Å². The largest absolute Gasteiger partial charge is 0.488 e. The Hall–Kier alpha value is -2.80. The quantitative estimate of drug-likeness (QED) is 0.223. The van der Waals surface area contributed by atoms with Crippen LogP contribution in [0.1, 0.15) is 16.7 Å². The molecule has 156 valence electrons. The van der Waals surface area contributed by atoms with Gasteiger partial charge in [0.2, 0.25) is 5.16 Å². The SMILES string of the molecule is Clc1ccc(CSc2nncn2/N=C/c2ccccc2OCc2ccccc2Cl)cc1. The number of nitrogens with zero attached hydrogens (tertiary/aromatic N) is 4. The molecule has 1 aromatic heterocycles. The van der Waals surface area contributed by atoms with E-state index in [1.165, 1.54) is 0 Å². The Balaban J connectivity index is 1.44. The van der Waals surface area contributed by atoms with E-state index in [1.807, 2.05) is 72.8 Å². The molecule has 0 saturated heterocycles. The second-order valence-electron chi connectivity index (χ2n) is 6.54. The van der Waals surface area contributed by atoms with Gasteiger partial charge in [-0.3, -0.25) is 0 Å². The zero-order chi connectivity index (χ0) is 21.5. The fourth-order valence-electron chi connectivity index (χ4n) is 2.74. The summed E-state index contributed by atoms with van der Waals surface area (Å²) < 4.78 is 7.63. The van der Waals surface area contributed by atoms with Crippen LogP contribution in [0.25, 0.3) is 0 Å². The van der Waals surface area contributed by atoms with E-state index in [-0.39, 0.29) is 0 Å². The van der Waals surface area contributed by atoms with Crippen molar-refractivity contribution in [2.24, 2.45) is 5.10 Å². The van der Waals surface area contributed by atoms with Crippen LogP contribution in [0.4, 0.5) is 0 Å². The molecule has 0 aliphatic carbocycles. The van der Waals surface area contributed by atoms with Gasteiger partial charge in [0.25, 0.3) is 0 Å². The van der Waals surface area contributed by atoms with Gasteiger partial charge in [-0.2, -0.15) is 9.78 Å². The third-order valence-corrected chi connectivity index (χ3v) is 5.99. The molecule has 4 aromatic rings. The molecule has 5 nitrogen and oxygen atoms in total. The Morgan fingerprint density at radius 1 is 0.968 bits per heavy atom. The van der Waals surface area contributed by atoms with Gasteiger partial charge in [-0.05, 0) is 35.9 Å². The molecule has 1 heterocycles. The summed E-state index contributed by atoms with van der Waals surface area (Å²) in [6.07, 6.45) is 3.31. The van der Waals surface area contributed by atoms with E-state index in [4.69, 9.17) is 27.9 Å². The van der Waals surface area contributed by atoms with Gasteiger partial charge in [-0.25, -0.2) is 0 Å². The maximum Gasteiger partial charge on any atom is 0.212 e. The number of ether oxygens (including phenoxy) is 1. The van der Waals surface area contributed by atoms with Gasteiger partial charge in [0.05, 0.1) is 6.21 Å². The third-order valence-electron chi connectivity index (χ3n) is 4.36. The van der Waals surface area contributed by atoms with E-state index < -0.39 is 0 Å². The van der Waals surface area contributed by atoms with Crippen LogP contribution in [0.5, 0.6) is 5.75 Å². The maximum absolute atomic E-state index is 6.23. The minimum atomic E-state index is 0.374. The Morgan fingerprint density at radius 2 is 1.74 bits per heavy atom. The topological polar surface area (TPSA) is 52.3 Å². The van der Waals surface area contributed by atoms with Crippen molar-refractivity contribution >= 4 is 41.2 Å². The number of rotatable bonds is 8. The molecule has 31 heavy (non-hydrogen) atoms. The van der Waals surface area contributed by atoms with Gasteiger partial charge < -0.3 is 4.74 Å². The van der Waals surface area contributed by atoms with E-state index >= 15 is 0 Å². The summed E-state index contributed by atoms with van der Waals surface area (Å²) in [5.41, 5.74) is 2.92. The average Bonchev–Trinajstić information content (AvgIpc) is 3.25. The normalized spacial score (nSPS) is 11.2. The molecule has 0 radical (unpaired) electrons. The number of hydrogen-bond donors (Lipinski definition) is 0. The number of halogens is 2. The van der Waals surface area contributed by atoms with Crippen LogP contribution in [0.2, 0.25) is 10.0 Å². The average molecular weight is 469 g/mol. The van der Waals surface area contributed by atoms with Crippen LogP contribution < -0.4 is 4.74 Å². The lowest BCUT2D eigenvalue weighted by Crippen LogP contribution is -2.00. The monoisotopic (exact) mass is 468 g/mol. The first-order valence-electron chi connectivity index (χ1n) is 9.46. The second-order valence-corrected chi connectivity index (χ2v) is 8.32. The van der Waals surface area contributed by atoms with Crippen molar-refractivity contribution in [3.05, 3.63) is 106 Å². The highest BCUT2D eigenvalue weighted by molar-refractivity contribution is 7.98. The summed E-state index contributed by atoms with van der Waals surface area (Å²) >= 11 is 13.7. The maximum atomic E-state index is 6.23. The molecule has 0 aliphatic heterocycles. The fraction of sp³-hybridized carbons (Fsp3) is 0.0870. The van der Waals surface area contributed by atoms with Crippen molar-refractivity contribution in [1.82, 2.24) is 14.9 Å². The summed E-state index contributed by atoms with van der Waals surface area (Å²) in [5.74, 6) is 1.46. The van der Waals surface area contributed by atoms with Gasteiger partial charge in [0.1, 0.15) is 18.7 Å². The van der Waals surface area contributed by atoms with Crippen LogP contribution in [0.15, 0.2) is 89.4 Å². The summed E-state index contributed by atoms with van der Waals surface area (Å²) in [4.78, 5) is 0. The Morgan fingerprint density at radius 3 is 2.58 bits per heavy atom. The molecule has 0 saturated carbocycles. The van der Waals surface area contributed by atoms with Crippen LogP contribution in [-0.4, -0.2) is 21.1 Å². The molecule has 8 heteroatoms. The first-order valence-corrected chi connectivity index (χ1v) is 11.2. The van der Waals surface area contributed by atoms with E-state index in [2.05, 4.69) is 15.3 Å². The molecule has 0 aliphatic rings. The number of aromatic nitrogens is 3. The van der Waals surface area contributed by atoms with Crippen molar-refractivity contribution < 1.29 is 4.74 Å². The lowest BCUT2D eigenvalue weighted by atomic mass is 10.2. The van der Waals surface area contributed by atoms with Crippen molar-refractivity contribution in [1.29, 1.82) is 0 Å². The lowest BCUT2D eigenvalue weighted by molar-refractivity contribution is 0.306. The number of benzene rings is 3. The molecular weight excluding hydrogens is 451 g/mol. The number of thioether (sulfide) groups is 1. The highest BCUT2D eigenvalue weighted by atomic mass is 35.5. The van der Waals surface area contributed by atoms with Gasteiger partial charge in [-0.15, -0.1) is 10.2 Å². The Labute approximate surface area is 194 Å². The van der Waals surface area contributed by atoms with Crippen molar-refractivity contribution in [2.45, 2.75) is 17.5 Å². The van der Waals surface area contributed by atoms with Gasteiger partial charge >= 0.3 is 0 Å².